The largest absolute Gasteiger partial charge is 0.481 e. The predicted octanol–water partition coefficient (Wildman–Crippen LogP) is 5.77. The Morgan fingerprint density at radius 1 is 1.32 bits per heavy atom. The third kappa shape index (κ3) is 7.10. The van der Waals surface area contributed by atoms with Crippen molar-refractivity contribution in [3.8, 4) is 0 Å². The minimum absolute atomic E-state index is 0.0214. The average Bonchev–Trinajstić information content (AvgIpc) is 2.59. The van der Waals surface area contributed by atoms with Crippen LogP contribution in [0.2, 0.25) is 0 Å². The van der Waals surface area contributed by atoms with Crippen LogP contribution in [0.1, 0.15) is 86.0 Å². The van der Waals surface area contributed by atoms with Gasteiger partial charge >= 0.3 is 5.97 Å². The molecule has 0 aromatic rings. The van der Waals surface area contributed by atoms with Gasteiger partial charge < -0.3 is 5.11 Å². The maximum Gasteiger partial charge on any atom is 0.306 e. The van der Waals surface area contributed by atoms with Gasteiger partial charge in [-0.15, -0.1) is 0 Å². The molecule has 4 heteroatoms. The van der Waals surface area contributed by atoms with Gasteiger partial charge in [0.2, 0.25) is 0 Å². The van der Waals surface area contributed by atoms with Crippen LogP contribution in [-0.4, -0.2) is 22.8 Å². The number of carboxylic acids is 1. The Bertz CT molecular complexity index is 420. The van der Waals surface area contributed by atoms with Gasteiger partial charge in [-0.2, -0.15) is 0 Å². The molecular formula is C21H38O4. The van der Waals surface area contributed by atoms with Crippen molar-refractivity contribution in [1.82, 2.24) is 0 Å². The molecule has 0 radical (unpaired) electrons. The molecule has 1 rings (SSSR count). The van der Waals surface area contributed by atoms with Crippen LogP contribution in [0.15, 0.2) is 12.2 Å². The molecule has 2 unspecified atom stereocenters. The summed E-state index contributed by atoms with van der Waals surface area (Å²) in [5.41, 5.74) is -0.276. The second-order valence-electron chi connectivity index (χ2n) is 7.77. The lowest BCUT2D eigenvalue weighted by Gasteiger charge is -2.43. The van der Waals surface area contributed by atoms with E-state index in [1.54, 1.807) is 0 Å². The van der Waals surface area contributed by atoms with E-state index in [1.807, 2.05) is 0 Å². The third-order valence-electron chi connectivity index (χ3n) is 5.65. The lowest BCUT2D eigenvalue weighted by atomic mass is 9.76. The summed E-state index contributed by atoms with van der Waals surface area (Å²) in [6, 6.07) is 0. The van der Waals surface area contributed by atoms with Gasteiger partial charge in [-0.25, -0.2) is 9.78 Å². The van der Waals surface area contributed by atoms with Gasteiger partial charge in [-0.3, -0.25) is 4.79 Å². The predicted molar refractivity (Wildman–Crippen MR) is 101 cm³/mol. The van der Waals surface area contributed by atoms with E-state index >= 15 is 0 Å². The van der Waals surface area contributed by atoms with Crippen molar-refractivity contribution in [3.63, 3.8) is 0 Å². The lowest BCUT2D eigenvalue weighted by Crippen LogP contribution is -2.46. The first-order chi connectivity index (χ1) is 11.9. The maximum absolute atomic E-state index is 11.0. The van der Waals surface area contributed by atoms with E-state index in [-0.39, 0.29) is 24.0 Å². The van der Waals surface area contributed by atoms with Crippen LogP contribution in [-0.2, 0) is 14.6 Å². The minimum atomic E-state index is -0.821. The highest BCUT2D eigenvalue weighted by atomic mass is 17.2. The molecule has 1 aliphatic rings. The quantitative estimate of drug-likeness (QED) is 0.378. The Labute approximate surface area is 153 Å². The molecule has 1 aliphatic heterocycles. The van der Waals surface area contributed by atoms with Crippen molar-refractivity contribution in [2.75, 3.05) is 0 Å². The first kappa shape index (κ1) is 22.2. The van der Waals surface area contributed by atoms with Gasteiger partial charge in [0.05, 0.1) is 6.42 Å². The Morgan fingerprint density at radius 2 is 2.04 bits per heavy atom. The van der Waals surface area contributed by atoms with E-state index in [1.165, 1.54) is 0 Å². The van der Waals surface area contributed by atoms with Crippen LogP contribution < -0.4 is 0 Å². The molecule has 1 saturated heterocycles. The topological polar surface area (TPSA) is 55.8 Å². The van der Waals surface area contributed by atoms with Gasteiger partial charge in [-0.05, 0) is 56.3 Å². The van der Waals surface area contributed by atoms with Crippen molar-refractivity contribution in [1.29, 1.82) is 0 Å². The summed E-state index contributed by atoms with van der Waals surface area (Å²) >= 11 is 0. The molecular weight excluding hydrogens is 316 g/mol. The van der Waals surface area contributed by atoms with Crippen LogP contribution >= 0.6 is 0 Å². The normalized spacial score (nSPS) is 29.6. The molecule has 1 fully saturated rings. The molecule has 0 spiro atoms. The van der Waals surface area contributed by atoms with Crippen molar-refractivity contribution in [2.24, 2.45) is 17.8 Å². The first-order valence-electron chi connectivity index (χ1n) is 10.1. The summed E-state index contributed by atoms with van der Waals surface area (Å²) in [5, 5.41) is 9.07. The molecule has 4 nitrogen and oxygen atoms in total. The summed E-state index contributed by atoms with van der Waals surface area (Å²) in [7, 11) is 0. The molecule has 146 valence electrons. The number of carbonyl (C=O) groups is 1. The van der Waals surface area contributed by atoms with Crippen LogP contribution in [0.3, 0.4) is 0 Å². The summed E-state index contributed by atoms with van der Waals surface area (Å²) < 4.78 is 0. The number of hydrogen-bond donors (Lipinski definition) is 1. The van der Waals surface area contributed by atoms with Gasteiger partial charge in [-0.1, -0.05) is 53.2 Å². The van der Waals surface area contributed by atoms with Crippen LogP contribution in [0.5, 0.6) is 0 Å². The Hall–Kier alpha value is -0.870. The monoisotopic (exact) mass is 354 g/mol. The van der Waals surface area contributed by atoms with E-state index in [2.05, 4.69) is 46.8 Å². The van der Waals surface area contributed by atoms with Gasteiger partial charge in [0.25, 0.3) is 0 Å². The number of aliphatic carboxylic acids is 1. The fraction of sp³-hybridized carbons (Fsp3) is 0.857. The number of carboxylic acid groups (broad SMARTS) is 1. The highest BCUT2D eigenvalue weighted by Crippen LogP contribution is 2.41. The Balaban J connectivity index is 2.70. The van der Waals surface area contributed by atoms with Gasteiger partial charge in [0, 0.05) is 0 Å². The fourth-order valence-electron chi connectivity index (χ4n) is 4.08. The molecule has 25 heavy (non-hydrogen) atoms. The number of hydrogen-bond acceptors (Lipinski definition) is 3. The van der Waals surface area contributed by atoms with E-state index in [0.29, 0.717) is 11.8 Å². The van der Waals surface area contributed by atoms with Gasteiger partial charge in [0.1, 0.15) is 11.7 Å². The van der Waals surface area contributed by atoms with E-state index in [9.17, 15) is 4.79 Å². The second kappa shape index (κ2) is 11.0. The van der Waals surface area contributed by atoms with E-state index < -0.39 is 5.97 Å². The molecule has 0 aromatic carbocycles. The highest BCUT2D eigenvalue weighted by Gasteiger charge is 2.43. The maximum atomic E-state index is 11.0. The first-order valence-corrected chi connectivity index (χ1v) is 10.1. The Kier molecular flexibility index (Phi) is 9.73. The van der Waals surface area contributed by atoms with Crippen LogP contribution in [0.4, 0.5) is 0 Å². The molecule has 1 heterocycles. The molecule has 0 aromatic heterocycles. The molecule has 1 N–H and O–H groups in total. The summed E-state index contributed by atoms with van der Waals surface area (Å²) in [4.78, 5) is 22.5. The smallest absolute Gasteiger partial charge is 0.306 e. The van der Waals surface area contributed by atoms with Crippen molar-refractivity contribution < 1.29 is 19.7 Å². The zero-order valence-electron chi connectivity index (χ0n) is 16.8. The lowest BCUT2D eigenvalue weighted by molar-refractivity contribution is -0.424. The average molecular weight is 355 g/mol. The molecule has 0 bridgehead atoms. The highest BCUT2D eigenvalue weighted by molar-refractivity contribution is 5.67. The summed E-state index contributed by atoms with van der Waals surface area (Å²) in [6.07, 6.45) is 11.4. The van der Waals surface area contributed by atoms with Crippen LogP contribution in [0, 0.1) is 17.8 Å². The van der Waals surface area contributed by atoms with E-state index in [4.69, 9.17) is 14.9 Å². The van der Waals surface area contributed by atoms with Crippen LogP contribution in [0.25, 0.3) is 0 Å². The Morgan fingerprint density at radius 3 is 2.56 bits per heavy atom. The van der Waals surface area contributed by atoms with Crippen molar-refractivity contribution >= 4 is 5.97 Å². The van der Waals surface area contributed by atoms with Gasteiger partial charge in [0.15, 0.2) is 0 Å². The number of allylic oxidation sites excluding steroid dienone is 2. The van der Waals surface area contributed by atoms with E-state index in [0.717, 1.165) is 44.9 Å². The van der Waals surface area contributed by atoms with Crippen molar-refractivity contribution in [3.05, 3.63) is 12.2 Å². The second-order valence-corrected chi connectivity index (χ2v) is 7.77. The SMILES string of the molecule is CC/C=C/C(CC)CC(C)C[C@]1(CC)C[C@@H](CC)[C@H](CC(=O)O)OO1. The molecule has 0 saturated carbocycles. The summed E-state index contributed by atoms with van der Waals surface area (Å²) in [6.45, 7) is 11.0. The van der Waals surface area contributed by atoms with Crippen molar-refractivity contribution in [2.45, 2.75) is 97.7 Å². The zero-order valence-corrected chi connectivity index (χ0v) is 16.8. The molecule has 5 atom stereocenters. The standard InChI is InChI=1S/C21H38O4/c1-6-10-11-17(7-2)12-16(5)14-21(9-4)15-18(8-3)19(24-25-21)13-20(22)23/h10-11,16-19H,6-9,12-15H2,1-5H3,(H,22,23)/b11-10+/t16?,17?,18-,19+,21-/m1/s1. The third-order valence-corrected chi connectivity index (χ3v) is 5.65. The minimum Gasteiger partial charge on any atom is -0.481 e. The fourth-order valence-corrected chi connectivity index (χ4v) is 4.08. The number of rotatable bonds is 11. The zero-order chi connectivity index (χ0) is 18.9. The summed E-state index contributed by atoms with van der Waals surface area (Å²) in [5.74, 6) is 0.593. The molecule has 0 aliphatic carbocycles. The molecule has 0 amide bonds.